The molecule has 1 aliphatic rings. The van der Waals surface area contributed by atoms with Crippen molar-refractivity contribution in [1.29, 1.82) is 0 Å². The van der Waals surface area contributed by atoms with Crippen molar-refractivity contribution >= 4 is 23.5 Å². The van der Waals surface area contributed by atoms with Crippen molar-refractivity contribution in [2.45, 2.75) is 26.3 Å². The van der Waals surface area contributed by atoms with Gasteiger partial charge in [0, 0.05) is 12.2 Å². The quantitative estimate of drug-likeness (QED) is 0.643. The first-order valence-electron chi connectivity index (χ1n) is 9.18. The van der Waals surface area contributed by atoms with Crippen molar-refractivity contribution in [3.63, 3.8) is 0 Å². The second kappa shape index (κ2) is 10.6. The fourth-order valence-corrected chi connectivity index (χ4v) is 2.88. The second-order valence-electron chi connectivity index (χ2n) is 6.14. The fourth-order valence-electron chi connectivity index (χ4n) is 2.88. The van der Waals surface area contributed by atoms with E-state index in [1.807, 2.05) is 31.2 Å². The Labute approximate surface area is 159 Å². The number of ether oxygens (including phenoxy) is 2. The Bertz CT molecular complexity index is 665. The molecule has 0 aromatic heterocycles. The zero-order valence-electron chi connectivity index (χ0n) is 15.8. The molecule has 0 spiro atoms. The minimum atomic E-state index is -0.625. The van der Waals surface area contributed by atoms with E-state index in [1.54, 1.807) is 11.8 Å². The maximum Gasteiger partial charge on any atom is 0.325 e. The highest BCUT2D eigenvalue weighted by atomic mass is 16.5. The third-order valence-electron chi connectivity index (χ3n) is 4.27. The van der Waals surface area contributed by atoms with Crippen molar-refractivity contribution in [1.82, 2.24) is 10.2 Å². The lowest BCUT2D eigenvalue weighted by molar-refractivity contribution is -0.145. The van der Waals surface area contributed by atoms with Gasteiger partial charge in [-0.05, 0) is 25.0 Å². The molecule has 0 saturated carbocycles. The number of nitrogens with zero attached hydrogens (tertiary/aromatic N) is 1. The SMILES string of the molecule is CCOC(=O)CNC(=O)C1COCCN1CC(=O)Nc1ccccc1CC. The lowest BCUT2D eigenvalue weighted by Crippen LogP contribution is -2.56. The third kappa shape index (κ3) is 6.33. The monoisotopic (exact) mass is 377 g/mol. The molecule has 0 aliphatic carbocycles. The smallest absolute Gasteiger partial charge is 0.325 e. The van der Waals surface area contributed by atoms with Gasteiger partial charge in [0.05, 0.1) is 26.4 Å². The van der Waals surface area contributed by atoms with Crippen LogP contribution < -0.4 is 10.6 Å². The van der Waals surface area contributed by atoms with Crippen molar-refractivity contribution in [3.8, 4) is 0 Å². The maximum absolute atomic E-state index is 12.5. The molecule has 1 heterocycles. The van der Waals surface area contributed by atoms with E-state index in [-0.39, 0.29) is 38.1 Å². The standard InChI is InChI=1S/C19H27N3O5/c1-3-14-7-5-6-8-15(14)21-17(23)12-22-9-10-26-13-16(22)19(25)20-11-18(24)27-4-2/h5-8,16H,3-4,9-13H2,1-2H3,(H,20,25)(H,21,23). The molecular weight excluding hydrogens is 350 g/mol. The van der Waals surface area contributed by atoms with Gasteiger partial charge < -0.3 is 20.1 Å². The lowest BCUT2D eigenvalue weighted by atomic mass is 10.1. The number of amides is 2. The number of anilines is 1. The van der Waals surface area contributed by atoms with Crippen molar-refractivity contribution < 1.29 is 23.9 Å². The molecule has 0 bridgehead atoms. The van der Waals surface area contributed by atoms with Crippen LogP contribution >= 0.6 is 0 Å². The van der Waals surface area contributed by atoms with Crippen LogP contribution in [0.5, 0.6) is 0 Å². The maximum atomic E-state index is 12.5. The summed E-state index contributed by atoms with van der Waals surface area (Å²) in [4.78, 5) is 38.0. The van der Waals surface area contributed by atoms with E-state index in [9.17, 15) is 14.4 Å². The summed E-state index contributed by atoms with van der Waals surface area (Å²) in [6, 6.07) is 7.01. The number of para-hydroxylation sites is 1. The Kier molecular flexibility index (Phi) is 8.22. The number of carbonyl (C=O) groups excluding carboxylic acids is 3. The number of hydrogen-bond donors (Lipinski definition) is 2. The Morgan fingerprint density at radius 1 is 1.26 bits per heavy atom. The Morgan fingerprint density at radius 2 is 2.04 bits per heavy atom. The first-order valence-corrected chi connectivity index (χ1v) is 9.18. The van der Waals surface area contributed by atoms with Crippen LogP contribution in [0.4, 0.5) is 5.69 Å². The molecule has 8 nitrogen and oxygen atoms in total. The second-order valence-corrected chi connectivity index (χ2v) is 6.14. The minimum absolute atomic E-state index is 0.0684. The Morgan fingerprint density at radius 3 is 2.78 bits per heavy atom. The van der Waals surface area contributed by atoms with Crippen LogP contribution in [0.1, 0.15) is 19.4 Å². The molecule has 1 saturated heterocycles. The van der Waals surface area contributed by atoms with Crippen LogP contribution in [0, 0.1) is 0 Å². The van der Waals surface area contributed by atoms with Gasteiger partial charge in [-0.25, -0.2) is 0 Å². The van der Waals surface area contributed by atoms with Gasteiger partial charge in [-0.2, -0.15) is 0 Å². The molecule has 1 aromatic carbocycles. The molecule has 1 aliphatic heterocycles. The highest BCUT2D eigenvalue weighted by Crippen LogP contribution is 2.16. The van der Waals surface area contributed by atoms with Gasteiger partial charge in [0.15, 0.2) is 0 Å². The summed E-state index contributed by atoms with van der Waals surface area (Å²) in [7, 11) is 0. The zero-order valence-corrected chi connectivity index (χ0v) is 15.8. The molecule has 8 heteroatoms. The summed E-state index contributed by atoms with van der Waals surface area (Å²) in [5.41, 5.74) is 1.83. The molecule has 1 unspecified atom stereocenters. The van der Waals surface area contributed by atoms with E-state index in [1.165, 1.54) is 0 Å². The molecule has 1 fully saturated rings. The summed E-state index contributed by atoms with van der Waals surface area (Å²) in [5.74, 6) is -1.05. The largest absolute Gasteiger partial charge is 0.465 e. The van der Waals surface area contributed by atoms with Gasteiger partial charge in [0.1, 0.15) is 12.6 Å². The molecule has 2 amide bonds. The normalized spacial score (nSPS) is 17.2. The average Bonchev–Trinajstić information content (AvgIpc) is 2.67. The van der Waals surface area contributed by atoms with Crippen molar-refractivity contribution in [2.75, 3.05) is 44.8 Å². The first kappa shape index (κ1) is 20.9. The summed E-state index contributed by atoms with van der Waals surface area (Å²) in [6.45, 7) is 4.93. The number of esters is 1. The average molecular weight is 377 g/mol. The summed E-state index contributed by atoms with van der Waals surface area (Å²) in [5, 5.41) is 5.45. The first-order chi connectivity index (χ1) is 13.0. The molecule has 0 radical (unpaired) electrons. The van der Waals surface area contributed by atoms with Crippen LogP contribution in [-0.2, 0) is 30.3 Å². The van der Waals surface area contributed by atoms with Gasteiger partial charge in [-0.15, -0.1) is 0 Å². The predicted molar refractivity (Wildman–Crippen MR) is 100 cm³/mol. The van der Waals surface area contributed by atoms with Crippen LogP contribution in [0.2, 0.25) is 0 Å². The number of aryl methyl sites for hydroxylation is 1. The molecule has 1 atom stereocenters. The molecule has 2 N–H and O–H groups in total. The number of carbonyl (C=O) groups is 3. The molecule has 148 valence electrons. The summed E-state index contributed by atoms with van der Waals surface area (Å²) < 4.78 is 10.2. The number of morpholine rings is 1. The number of nitrogens with one attached hydrogen (secondary N) is 2. The minimum Gasteiger partial charge on any atom is -0.465 e. The van der Waals surface area contributed by atoms with E-state index in [0.29, 0.717) is 13.2 Å². The van der Waals surface area contributed by atoms with Crippen molar-refractivity contribution in [3.05, 3.63) is 29.8 Å². The lowest BCUT2D eigenvalue weighted by Gasteiger charge is -2.33. The van der Waals surface area contributed by atoms with Gasteiger partial charge in [-0.1, -0.05) is 25.1 Å². The number of rotatable bonds is 8. The fraction of sp³-hybridized carbons (Fsp3) is 0.526. The highest BCUT2D eigenvalue weighted by molar-refractivity contribution is 5.93. The van der Waals surface area contributed by atoms with E-state index in [2.05, 4.69) is 10.6 Å². The van der Waals surface area contributed by atoms with Crippen LogP contribution in [0.15, 0.2) is 24.3 Å². The van der Waals surface area contributed by atoms with Gasteiger partial charge in [0.25, 0.3) is 0 Å². The molecule has 27 heavy (non-hydrogen) atoms. The molecular formula is C19H27N3O5. The van der Waals surface area contributed by atoms with Gasteiger partial charge >= 0.3 is 5.97 Å². The zero-order chi connectivity index (χ0) is 19.6. The van der Waals surface area contributed by atoms with Crippen LogP contribution in [0.3, 0.4) is 0 Å². The number of hydrogen-bond acceptors (Lipinski definition) is 6. The number of benzene rings is 1. The predicted octanol–water partition coefficient (Wildman–Crippen LogP) is 0.568. The highest BCUT2D eigenvalue weighted by Gasteiger charge is 2.31. The van der Waals surface area contributed by atoms with E-state index < -0.39 is 12.0 Å². The Balaban J connectivity index is 1.93. The molecule has 2 rings (SSSR count). The van der Waals surface area contributed by atoms with Gasteiger partial charge in [-0.3, -0.25) is 19.3 Å². The van der Waals surface area contributed by atoms with E-state index in [0.717, 1.165) is 17.7 Å². The third-order valence-corrected chi connectivity index (χ3v) is 4.27. The topological polar surface area (TPSA) is 97.0 Å². The molecule has 1 aromatic rings. The van der Waals surface area contributed by atoms with Crippen LogP contribution in [0.25, 0.3) is 0 Å². The summed E-state index contributed by atoms with van der Waals surface area (Å²) >= 11 is 0. The van der Waals surface area contributed by atoms with E-state index in [4.69, 9.17) is 9.47 Å². The summed E-state index contributed by atoms with van der Waals surface area (Å²) in [6.07, 6.45) is 0.812. The van der Waals surface area contributed by atoms with Crippen LogP contribution in [-0.4, -0.2) is 68.2 Å². The Hall–Kier alpha value is -2.45. The van der Waals surface area contributed by atoms with Gasteiger partial charge in [0.2, 0.25) is 11.8 Å². The van der Waals surface area contributed by atoms with E-state index >= 15 is 0 Å². The van der Waals surface area contributed by atoms with Crippen molar-refractivity contribution in [2.24, 2.45) is 0 Å².